The molecule has 0 saturated heterocycles. The van der Waals surface area contributed by atoms with Gasteiger partial charge in [0.15, 0.2) is 0 Å². The Hall–Kier alpha value is -0.410. The molecule has 3 heteroatoms. The summed E-state index contributed by atoms with van der Waals surface area (Å²) in [5.74, 6) is 0.363. The Balaban J connectivity index is -0.000000339. The second kappa shape index (κ2) is 6.11. The lowest BCUT2D eigenvalue weighted by Gasteiger charge is -2.34. The Labute approximate surface area is 83.8 Å². The highest BCUT2D eigenvalue weighted by Gasteiger charge is 2.31. The number of nitrogens with two attached hydrogens (primary N) is 2. The predicted octanol–water partition coefficient (Wildman–Crippen LogP) is 1.55. The summed E-state index contributed by atoms with van der Waals surface area (Å²) in [6.45, 7) is 5.24. The van der Waals surface area contributed by atoms with Gasteiger partial charge in [-0.2, -0.15) is 0 Å². The molecule has 1 aliphatic rings. The van der Waals surface area contributed by atoms with E-state index in [1.807, 2.05) is 13.8 Å². The summed E-state index contributed by atoms with van der Waals surface area (Å²) in [6, 6.07) is 0. The molecule has 1 aliphatic carbocycles. The minimum atomic E-state index is 0. The van der Waals surface area contributed by atoms with Crippen molar-refractivity contribution in [3.05, 3.63) is 0 Å². The molecule has 0 aromatic carbocycles. The van der Waals surface area contributed by atoms with Gasteiger partial charge >= 0.3 is 0 Å². The van der Waals surface area contributed by atoms with E-state index in [-0.39, 0.29) is 8.27 Å². The van der Waals surface area contributed by atoms with Crippen LogP contribution in [0, 0.1) is 5.41 Å². The topological polar surface area (TPSA) is 69.1 Å². The fraction of sp³-hybridized carbons (Fsp3) is 0.900. The Morgan fingerprint density at radius 1 is 1.23 bits per heavy atom. The second-order valence-corrected chi connectivity index (χ2v) is 3.45. The summed E-state index contributed by atoms with van der Waals surface area (Å²) in [6.07, 6.45) is 3.13. The summed E-state index contributed by atoms with van der Waals surface area (Å²) in [5, 5.41) is 0. The summed E-state index contributed by atoms with van der Waals surface area (Å²) in [4.78, 5) is 10.9. The molecule has 1 fully saturated rings. The van der Waals surface area contributed by atoms with Gasteiger partial charge in [0.2, 0.25) is 0 Å². The number of rotatable bonds is 2. The first-order valence-corrected chi connectivity index (χ1v) is 5.14. The van der Waals surface area contributed by atoms with Crippen LogP contribution in [0.1, 0.15) is 42.4 Å². The molecule has 0 bridgehead atoms. The van der Waals surface area contributed by atoms with Crippen LogP contribution in [0.4, 0.5) is 0 Å². The van der Waals surface area contributed by atoms with Gasteiger partial charge in [0.1, 0.15) is 5.78 Å². The summed E-state index contributed by atoms with van der Waals surface area (Å²) >= 11 is 0. The van der Waals surface area contributed by atoms with Gasteiger partial charge < -0.3 is 11.5 Å². The normalized spacial score (nSPS) is 20.5. The van der Waals surface area contributed by atoms with Crippen molar-refractivity contribution in [3.63, 3.8) is 0 Å². The predicted molar refractivity (Wildman–Crippen MR) is 59.6 cm³/mol. The quantitative estimate of drug-likeness (QED) is 0.694. The molecule has 0 aromatic heterocycles. The zero-order chi connectivity index (χ0) is 10.3. The van der Waals surface area contributed by atoms with Crippen molar-refractivity contribution in [1.29, 1.82) is 0 Å². The highest BCUT2D eigenvalue weighted by atomic mass is 16.1. The number of hydrogen-bond acceptors (Lipinski definition) is 3. The average molecular weight is 190 g/mol. The molecule has 0 aromatic rings. The molecular weight excluding hydrogens is 164 g/mol. The van der Waals surface area contributed by atoms with Crippen LogP contribution in [-0.4, -0.2) is 18.9 Å². The van der Waals surface area contributed by atoms with Crippen molar-refractivity contribution < 1.29 is 7.65 Å². The van der Waals surface area contributed by atoms with E-state index >= 15 is 0 Å². The molecule has 3 nitrogen and oxygen atoms in total. The first kappa shape index (κ1) is 12.6. The maximum Gasteiger partial charge on any atom is 0.132 e. The van der Waals surface area contributed by atoms with E-state index in [2.05, 4.69) is 0 Å². The molecule has 82 valence electrons. The van der Waals surface area contributed by atoms with E-state index in [4.69, 9.17) is 11.5 Å². The van der Waals surface area contributed by atoms with Gasteiger partial charge in [-0.25, -0.2) is 0 Å². The van der Waals surface area contributed by atoms with E-state index in [0.717, 1.165) is 12.8 Å². The molecule has 4 N–H and O–H groups in total. The van der Waals surface area contributed by atoms with Gasteiger partial charge in [0, 0.05) is 15.7 Å². The lowest BCUT2D eigenvalue weighted by Crippen LogP contribution is -2.41. The lowest BCUT2D eigenvalue weighted by molar-refractivity contribution is -0.122. The molecule has 0 atom stereocenters. The maximum absolute atomic E-state index is 10.9. The van der Waals surface area contributed by atoms with Crippen LogP contribution >= 0.6 is 0 Å². The minimum Gasteiger partial charge on any atom is -0.330 e. The van der Waals surface area contributed by atoms with Crippen LogP contribution in [0.5, 0.6) is 0 Å². The van der Waals surface area contributed by atoms with Crippen LogP contribution in [0.25, 0.3) is 0 Å². The molecule has 13 heavy (non-hydrogen) atoms. The van der Waals surface area contributed by atoms with E-state index in [1.54, 1.807) is 0 Å². The minimum absolute atomic E-state index is 0. The van der Waals surface area contributed by atoms with Crippen LogP contribution in [0.2, 0.25) is 0 Å². The fourth-order valence-corrected chi connectivity index (χ4v) is 1.55. The van der Waals surface area contributed by atoms with Gasteiger partial charge in [-0.15, -0.1) is 0 Å². The monoisotopic (exact) mass is 190 g/mol. The maximum atomic E-state index is 10.9. The molecule has 0 spiro atoms. The van der Waals surface area contributed by atoms with E-state index in [0.29, 0.717) is 31.7 Å². The van der Waals surface area contributed by atoms with Gasteiger partial charge in [-0.1, -0.05) is 13.8 Å². The Bertz CT molecular complexity index is 150. The third-order valence-corrected chi connectivity index (χ3v) is 2.73. The van der Waals surface area contributed by atoms with Crippen LogP contribution < -0.4 is 11.5 Å². The standard InChI is InChI=1S/C8H16N2O.C2H6.2H2/c9-5-8(6-10)3-1-7(11)2-4-8;1-2;;/h1-6,9-10H2;1-2H3;2*1H. The van der Waals surface area contributed by atoms with Gasteiger partial charge in [0.05, 0.1) is 0 Å². The highest BCUT2D eigenvalue weighted by Crippen LogP contribution is 2.32. The zero-order valence-corrected chi connectivity index (χ0v) is 8.81. The molecule has 1 rings (SSSR count). The van der Waals surface area contributed by atoms with Crippen molar-refractivity contribution >= 4 is 5.78 Å². The van der Waals surface area contributed by atoms with Crippen molar-refractivity contribution in [3.8, 4) is 0 Å². The van der Waals surface area contributed by atoms with Crippen LogP contribution in [-0.2, 0) is 4.79 Å². The Morgan fingerprint density at radius 2 is 1.62 bits per heavy atom. The summed E-state index contributed by atoms with van der Waals surface area (Å²) in [7, 11) is 0. The first-order valence-electron chi connectivity index (χ1n) is 5.14. The molecule has 0 radical (unpaired) electrons. The van der Waals surface area contributed by atoms with E-state index < -0.39 is 0 Å². The molecule has 0 unspecified atom stereocenters. The van der Waals surface area contributed by atoms with Crippen molar-refractivity contribution in [2.75, 3.05) is 13.1 Å². The lowest BCUT2D eigenvalue weighted by atomic mass is 9.74. The van der Waals surface area contributed by atoms with Crippen molar-refractivity contribution in [2.45, 2.75) is 39.5 Å². The third kappa shape index (κ3) is 3.44. The number of ketones is 1. The van der Waals surface area contributed by atoms with Crippen molar-refractivity contribution in [1.82, 2.24) is 0 Å². The smallest absolute Gasteiger partial charge is 0.132 e. The van der Waals surface area contributed by atoms with Gasteiger partial charge in [0.25, 0.3) is 0 Å². The zero-order valence-electron chi connectivity index (χ0n) is 8.81. The Morgan fingerprint density at radius 3 is 1.92 bits per heavy atom. The third-order valence-electron chi connectivity index (χ3n) is 2.73. The van der Waals surface area contributed by atoms with Crippen LogP contribution in [0.15, 0.2) is 0 Å². The fourth-order valence-electron chi connectivity index (χ4n) is 1.55. The molecular formula is C10H26N2O. The largest absolute Gasteiger partial charge is 0.330 e. The highest BCUT2D eigenvalue weighted by molar-refractivity contribution is 5.79. The number of carbonyl (C=O) groups excluding carboxylic acids is 1. The summed E-state index contributed by atoms with van der Waals surface area (Å²) in [5.41, 5.74) is 11.3. The molecule has 0 aliphatic heterocycles. The van der Waals surface area contributed by atoms with Crippen LogP contribution in [0.3, 0.4) is 0 Å². The van der Waals surface area contributed by atoms with Gasteiger partial charge in [-0.05, 0) is 31.3 Å². The van der Waals surface area contributed by atoms with E-state index in [9.17, 15) is 4.79 Å². The SMILES string of the molecule is CC.NCC1(CN)CCC(=O)CC1.[HH].[HH]. The molecule has 1 saturated carbocycles. The number of Topliss-reactive ketones (excluding diaryl/α,β-unsaturated/α-hetero) is 1. The van der Waals surface area contributed by atoms with E-state index in [1.165, 1.54) is 0 Å². The second-order valence-electron chi connectivity index (χ2n) is 3.45. The molecule has 0 heterocycles. The Kier molecular flexibility index (Phi) is 5.91. The van der Waals surface area contributed by atoms with Gasteiger partial charge in [-0.3, -0.25) is 4.79 Å². The average Bonchev–Trinajstić information content (AvgIpc) is 2.23. The number of hydrogen-bond donors (Lipinski definition) is 2. The summed E-state index contributed by atoms with van der Waals surface area (Å²) < 4.78 is 0. The first-order chi connectivity index (χ1) is 6.22. The van der Waals surface area contributed by atoms with Crippen molar-refractivity contribution in [2.24, 2.45) is 16.9 Å². The number of carbonyl (C=O) groups is 1. The molecule has 0 amide bonds.